The summed E-state index contributed by atoms with van der Waals surface area (Å²) in [5, 5.41) is 9.03. The minimum Gasteiger partial charge on any atom is -0.390 e. The zero-order valence-electron chi connectivity index (χ0n) is 12.1. The first-order valence-corrected chi connectivity index (χ1v) is 9.18. The van der Waals surface area contributed by atoms with Gasteiger partial charge in [0.2, 0.25) is 5.91 Å². The van der Waals surface area contributed by atoms with Crippen molar-refractivity contribution in [1.82, 2.24) is 4.90 Å². The molecule has 122 valence electrons. The van der Waals surface area contributed by atoms with Gasteiger partial charge in [-0.25, -0.2) is 0 Å². The van der Waals surface area contributed by atoms with Crippen LogP contribution in [0.1, 0.15) is 44.9 Å². The van der Waals surface area contributed by atoms with Crippen molar-refractivity contribution < 1.29 is 27.7 Å². The van der Waals surface area contributed by atoms with Crippen molar-refractivity contribution in [3.63, 3.8) is 0 Å². The van der Waals surface area contributed by atoms with Gasteiger partial charge < -0.3 is 5.11 Å². The number of aliphatic hydroxyl groups is 1. The highest BCUT2D eigenvalue weighted by Crippen LogP contribution is 2.60. The summed E-state index contributed by atoms with van der Waals surface area (Å²) in [4.78, 5) is 25.9. The summed E-state index contributed by atoms with van der Waals surface area (Å²) in [6.45, 7) is 0. The lowest BCUT2D eigenvalue weighted by Gasteiger charge is -2.62. The first-order valence-electron chi connectivity index (χ1n) is 7.68. The summed E-state index contributed by atoms with van der Waals surface area (Å²) >= 11 is 0. The standard InChI is InChI=1S/C14H19NO6S/c16-11-2-10(22(19,20)21)12(17)15(11)13-3-8-1-9(4-13)6-14(18,5-8)7-13/h8-10,18H,1-7H2,(H,19,20,21). The second-order valence-electron chi connectivity index (χ2n) is 7.68. The highest BCUT2D eigenvalue weighted by molar-refractivity contribution is 7.87. The summed E-state index contributed by atoms with van der Waals surface area (Å²) in [5.74, 6) is -0.815. The maximum absolute atomic E-state index is 12.5. The average molecular weight is 329 g/mol. The van der Waals surface area contributed by atoms with Crippen molar-refractivity contribution in [2.75, 3.05) is 0 Å². The monoisotopic (exact) mass is 329 g/mol. The lowest BCUT2D eigenvalue weighted by molar-refractivity contribution is -0.183. The minimum absolute atomic E-state index is 0.275. The van der Waals surface area contributed by atoms with Gasteiger partial charge in [0.15, 0.2) is 5.25 Å². The van der Waals surface area contributed by atoms with Gasteiger partial charge in [0.1, 0.15) is 0 Å². The third-order valence-electron chi connectivity index (χ3n) is 5.94. The Morgan fingerprint density at radius 2 is 1.68 bits per heavy atom. The molecular weight excluding hydrogens is 310 g/mol. The van der Waals surface area contributed by atoms with Gasteiger partial charge in [-0.05, 0) is 50.4 Å². The van der Waals surface area contributed by atoms with E-state index in [0.29, 0.717) is 32.1 Å². The van der Waals surface area contributed by atoms with Crippen LogP contribution in [0, 0.1) is 11.8 Å². The van der Waals surface area contributed by atoms with E-state index >= 15 is 0 Å². The van der Waals surface area contributed by atoms with Gasteiger partial charge in [-0.3, -0.25) is 19.0 Å². The van der Waals surface area contributed by atoms with Crippen LogP contribution in [0.15, 0.2) is 0 Å². The Labute approximate surface area is 128 Å². The molecule has 1 heterocycles. The number of likely N-dealkylation sites (tertiary alicyclic amines) is 1. The Morgan fingerprint density at radius 3 is 2.14 bits per heavy atom. The molecule has 7 nitrogen and oxygen atoms in total. The summed E-state index contributed by atoms with van der Waals surface area (Å²) < 4.78 is 31.8. The van der Waals surface area contributed by atoms with Crippen LogP contribution in [0.3, 0.4) is 0 Å². The molecule has 0 aromatic carbocycles. The van der Waals surface area contributed by atoms with Crippen molar-refractivity contribution in [1.29, 1.82) is 0 Å². The van der Waals surface area contributed by atoms with Gasteiger partial charge in [-0.15, -0.1) is 0 Å². The van der Waals surface area contributed by atoms with Crippen molar-refractivity contribution in [3.8, 4) is 0 Å². The molecular formula is C14H19NO6S. The highest BCUT2D eigenvalue weighted by Gasteiger charge is 2.64. The van der Waals surface area contributed by atoms with E-state index in [0.717, 1.165) is 11.3 Å². The quantitative estimate of drug-likeness (QED) is 0.548. The van der Waals surface area contributed by atoms with Gasteiger partial charge in [0.05, 0.1) is 17.6 Å². The first kappa shape index (κ1) is 14.6. The Balaban J connectivity index is 1.73. The molecule has 0 aromatic heterocycles. The summed E-state index contributed by atoms with van der Waals surface area (Å²) in [6, 6.07) is 0. The minimum atomic E-state index is -4.58. The lowest BCUT2D eigenvalue weighted by atomic mass is 9.50. The molecule has 0 radical (unpaired) electrons. The molecule has 3 unspecified atom stereocenters. The van der Waals surface area contributed by atoms with E-state index in [1.54, 1.807) is 0 Å². The molecule has 5 rings (SSSR count). The van der Waals surface area contributed by atoms with Crippen molar-refractivity contribution >= 4 is 21.9 Å². The van der Waals surface area contributed by atoms with E-state index in [-0.39, 0.29) is 11.8 Å². The molecule has 3 atom stereocenters. The molecule has 4 bridgehead atoms. The van der Waals surface area contributed by atoms with Crippen LogP contribution in [0.4, 0.5) is 0 Å². The Morgan fingerprint density at radius 1 is 1.09 bits per heavy atom. The van der Waals surface area contributed by atoms with E-state index in [9.17, 15) is 27.7 Å². The molecule has 0 spiro atoms. The van der Waals surface area contributed by atoms with Crippen LogP contribution in [0.25, 0.3) is 0 Å². The maximum atomic E-state index is 12.5. The number of carbonyl (C=O) groups is 2. The first-order chi connectivity index (χ1) is 10.1. The SMILES string of the molecule is O=C1CC(S(=O)(=O)O)C(=O)N1C12CC3CC(CC(O)(C3)C1)C2. The van der Waals surface area contributed by atoms with Gasteiger partial charge >= 0.3 is 0 Å². The zero-order chi connectivity index (χ0) is 15.9. The fourth-order valence-corrected chi connectivity index (χ4v) is 6.48. The lowest BCUT2D eigenvalue weighted by Crippen LogP contribution is -2.66. The van der Waals surface area contributed by atoms with Crippen LogP contribution < -0.4 is 0 Å². The Hall–Kier alpha value is -0.990. The van der Waals surface area contributed by atoms with Gasteiger partial charge in [-0.1, -0.05) is 0 Å². The predicted octanol–water partition coefficient (Wildman–Crippen LogP) is 0.0854. The molecule has 4 saturated carbocycles. The second-order valence-corrected chi connectivity index (χ2v) is 9.28. The average Bonchev–Trinajstić information content (AvgIpc) is 2.61. The smallest absolute Gasteiger partial charge is 0.277 e. The van der Waals surface area contributed by atoms with E-state index < -0.39 is 44.7 Å². The van der Waals surface area contributed by atoms with Crippen LogP contribution in [0.2, 0.25) is 0 Å². The van der Waals surface area contributed by atoms with Gasteiger partial charge in [-0.2, -0.15) is 8.42 Å². The van der Waals surface area contributed by atoms with Crippen molar-refractivity contribution in [2.45, 2.75) is 61.3 Å². The van der Waals surface area contributed by atoms with E-state index in [1.807, 2.05) is 0 Å². The molecule has 1 saturated heterocycles. The Kier molecular flexibility index (Phi) is 2.72. The topological polar surface area (TPSA) is 112 Å². The largest absolute Gasteiger partial charge is 0.390 e. The van der Waals surface area contributed by atoms with E-state index in [1.165, 1.54) is 0 Å². The molecule has 0 aromatic rings. The molecule has 2 amide bonds. The highest BCUT2D eigenvalue weighted by atomic mass is 32.2. The number of nitrogens with zero attached hydrogens (tertiary/aromatic N) is 1. The number of rotatable bonds is 2. The fraction of sp³-hybridized carbons (Fsp3) is 0.857. The third-order valence-corrected chi connectivity index (χ3v) is 7.03. The van der Waals surface area contributed by atoms with E-state index in [4.69, 9.17) is 0 Å². The maximum Gasteiger partial charge on any atom is 0.277 e. The van der Waals surface area contributed by atoms with Gasteiger partial charge in [0, 0.05) is 0 Å². The second kappa shape index (κ2) is 4.10. The zero-order valence-corrected chi connectivity index (χ0v) is 12.9. The van der Waals surface area contributed by atoms with E-state index in [2.05, 4.69) is 0 Å². The van der Waals surface area contributed by atoms with Crippen molar-refractivity contribution in [2.24, 2.45) is 11.8 Å². The predicted molar refractivity (Wildman–Crippen MR) is 74.2 cm³/mol. The molecule has 5 aliphatic rings. The van der Waals surface area contributed by atoms with Crippen LogP contribution in [-0.2, 0) is 19.7 Å². The molecule has 4 aliphatic carbocycles. The molecule has 8 heteroatoms. The number of amides is 2. The van der Waals surface area contributed by atoms with Crippen molar-refractivity contribution in [3.05, 3.63) is 0 Å². The van der Waals surface area contributed by atoms with Crippen LogP contribution >= 0.6 is 0 Å². The third kappa shape index (κ3) is 1.90. The number of carbonyl (C=O) groups excluding carboxylic acids is 2. The molecule has 5 fully saturated rings. The number of hydrogen-bond donors (Lipinski definition) is 2. The summed E-state index contributed by atoms with van der Waals surface area (Å²) in [5.41, 5.74) is -1.60. The Bertz CT molecular complexity index is 657. The number of hydrogen-bond acceptors (Lipinski definition) is 5. The number of imide groups is 1. The molecule has 2 N–H and O–H groups in total. The normalized spacial score (nSPS) is 47.5. The summed E-state index contributed by atoms with van der Waals surface area (Å²) in [6.07, 6.45) is 3.52. The molecule has 22 heavy (non-hydrogen) atoms. The van der Waals surface area contributed by atoms with Gasteiger partial charge in [0.25, 0.3) is 16.0 Å². The molecule has 1 aliphatic heterocycles. The summed E-state index contributed by atoms with van der Waals surface area (Å²) in [7, 11) is -4.58. The van der Waals surface area contributed by atoms with Crippen LogP contribution in [-0.4, -0.2) is 51.2 Å². The fourth-order valence-electron chi connectivity index (χ4n) is 5.76. The van der Waals surface area contributed by atoms with Crippen LogP contribution in [0.5, 0.6) is 0 Å².